The fourth-order valence-corrected chi connectivity index (χ4v) is 3.43. The number of ketones is 1. The molecule has 0 heterocycles. The highest BCUT2D eigenvalue weighted by Crippen LogP contribution is 2.20. The Bertz CT molecular complexity index is 1080. The molecule has 0 spiro atoms. The van der Waals surface area contributed by atoms with E-state index in [1.54, 1.807) is 42.5 Å². The summed E-state index contributed by atoms with van der Waals surface area (Å²) in [5, 5.41) is 0. The van der Waals surface area contributed by atoms with Crippen LogP contribution in [0.15, 0.2) is 83.8 Å². The second-order valence-corrected chi connectivity index (χ2v) is 7.86. The first-order valence-electron chi connectivity index (χ1n) is 8.07. The van der Waals surface area contributed by atoms with Crippen LogP contribution in [0, 0.1) is 0 Å². The van der Waals surface area contributed by atoms with Crippen molar-refractivity contribution in [1.82, 2.24) is 0 Å². The van der Waals surface area contributed by atoms with Crippen molar-refractivity contribution in [2.75, 3.05) is 6.26 Å². The average molecular weight is 380 g/mol. The smallest absolute Gasteiger partial charge is 0.344 e. The highest BCUT2D eigenvalue weighted by atomic mass is 32.2. The predicted molar refractivity (Wildman–Crippen MR) is 101 cm³/mol. The van der Waals surface area contributed by atoms with Crippen LogP contribution in [-0.4, -0.2) is 26.4 Å². The Labute approximate surface area is 157 Å². The molecular weight excluding hydrogens is 364 g/mol. The molecule has 6 heteroatoms. The van der Waals surface area contributed by atoms with Crippen LogP contribution in [0.4, 0.5) is 0 Å². The van der Waals surface area contributed by atoms with Crippen molar-refractivity contribution < 1.29 is 22.7 Å². The average Bonchev–Trinajstić information content (AvgIpc) is 2.68. The molecule has 0 aliphatic heterocycles. The molecule has 0 amide bonds. The number of esters is 1. The number of ether oxygens (including phenoxy) is 1. The zero-order chi connectivity index (χ0) is 19.4. The molecule has 3 rings (SSSR count). The Balaban J connectivity index is 1.80. The highest BCUT2D eigenvalue weighted by molar-refractivity contribution is 7.90. The van der Waals surface area contributed by atoms with Crippen LogP contribution in [0.5, 0.6) is 5.75 Å². The molecule has 0 atom stereocenters. The molecule has 136 valence electrons. The minimum atomic E-state index is -3.56. The minimum Gasteiger partial charge on any atom is -0.423 e. The maximum Gasteiger partial charge on any atom is 0.344 e. The summed E-state index contributed by atoms with van der Waals surface area (Å²) in [6, 6.07) is 20.8. The lowest BCUT2D eigenvalue weighted by molar-refractivity contribution is 0.0730. The summed E-state index contributed by atoms with van der Waals surface area (Å²) < 4.78 is 28.9. The topological polar surface area (TPSA) is 77.5 Å². The third-order valence-corrected chi connectivity index (χ3v) is 5.02. The Morgan fingerprint density at radius 3 is 1.93 bits per heavy atom. The molecule has 0 radical (unpaired) electrons. The number of rotatable bonds is 5. The summed E-state index contributed by atoms with van der Waals surface area (Å²) in [5.41, 5.74) is 0.978. The monoisotopic (exact) mass is 380 g/mol. The van der Waals surface area contributed by atoms with E-state index in [1.807, 2.05) is 6.07 Å². The lowest BCUT2D eigenvalue weighted by Crippen LogP contribution is -2.13. The van der Waals surface area contributed by atoms with Crippen LogP contribution in [0.2, 0.25) is 0 Å². The van der Waals surface area contributed by atoms with Crippen LogP contribution >= 0.6 is 0 Å². The predicted octanol–water partition coefficient (Wildman–Crippen LogP) is 3.54. The van der Waals surface area contributed by atoms with Gasteiger partial charge < -0.3 is 4.74 Å². The number of sulfone groups is 1. The molecule has 0 aliphatic rings. The molecule has 0 aromatic heterocycles. The second kappa shape index (κ2) is 7.55. The molecule has 3 aromatic rings. The van der Waals surface area contributed by atoms with E-state index in [9.17, 15) is 18.0 Å². The van der Waals surface area contributed by atoms with Gasteiger partial charge >= 0.3 is 5.97 Å². The number of hydrogen-bond acceptors (Lipinski definition) is 5. The Morgan fingerprint density at radius 2 is 1.30 bits per heavy atom. The van der Waals surface area contributed by atoms with Gasteiger partial charge in [0.2, 0.25) is 0 Å². The van der Waals surface area contributed by atoms with Gasteiger partial charge in [0.25, 0.3) is 0 Å². The summed E-state index contributed by atoms with van der Waals surface area (Å²) in [6.45, 7) is 0. The Morgan fingerprint density at radius 1 is 0.741 bits per heavy atom. The molecule has 27 heavy (non-hydrogen) atoms. The summed E-state index contributed by atoms with van der Waals surface area (Å²) >= 11 is 0. The molecule has 0 unspecified atom stereocenters. The number of carbonyl (C=O) groups excluding carboxylic acids is 2. The lowest BCUT2D eigenvalue weighted by Gasteiger charge is -2.08. The quantitative estimate of drug-likeness (QED) is 0.384. The number of benzene rings is 3. The molecule has 3 aromatic carbocycles. The van der Waals surface area contributed by atoms with Gasteiger partial charge in [-0.15, -0.1) is 0 Å². The van der Waals surface area contributed by atoms with Gasteiger partial charge in [0.1, 0.15) is 5.75 Å². The van der Waals surface area contributed by atoms with Crippen LogP contribution in [0.1, 0.15) is 26.3 Å². The van der Waals surface area contributed by atoms with E-state index < -0.39 is 15.8 Å². The maximum absolute atomic E-state index is 12.4. The van der Waals surface area contributed by atoms with E-state index >= 15 is 0 Å². The van der Waals surface area contributed by atoms with Crippen molar-refractivity contribution >= 4 is 21.6 Å². The van der Waals surface area contributed by atoms with Crippen LogP contribution < -0.4 is 4.74 Å². The van der Waals surface area contributed by atoms with E-state index in [1.165, 1.54) is 30.3 Å². The van der Waals surface area contributed by atoms with E-state index in [4.69, 9.17) is 4.74 Å². The normalized spacial score (nSPS) is 11.0. The van der Waals surface area contributed by atoms with Gasteiger partial charge in [0, 0.05) is 17.4 Å². The van der Waals surface area contributed by atoms with Gasteiger partial charge in [0.15, 0.2) is 15.6 Å². The Kier molecular flexibility index (Phi) is 5.19. The van der Waals surface area contributed by atoms with Crippen molar-refractivity contribution in [3.8, 4) is 5.75 Å². The van der Waals surface area contributed by atoms with Gasteiger partial charge in [-0.25, -0.2) is 13.2 Å². The van der Waals surface area contributed by atoms with Crippen LogP contribution in [0.25, 0.3) is 0 Å². The van der Waals surface area contributed by atoms with Gasteiger partial charge in [-0.3, -0.25) is 4.79 Å². The minimum absolute atomic E-state index is 0.0376. The molecular formula is C21H16O5S. The highest BCUT2D eigenvalue weighted by Gasteiger charge is 2.20. The van der Waals surface area contributed by atoms with E-state index in [0.29, 0.717) is 11.1 Å². The second-order valence-electron chi connectivity index (χ2n) is 5.88. The fourth-order valence-electron chi connectivity index (χ4n) is 2.55. The zero-order valence-electron chi connectivity index (χ0n) is 14.5. The third-order valence-electron chi connectivity index (χ3n) is 3.87. The first-order chi connectivity index (χ1) is 12.9. The molecule has 0 N–H and O–H groups in total. The zero-order valence-corrected chi connectivity index (χ0v) is 15.3. The van der Waals surface area contributed by atoms with Crippen LogP contribution in [-0.2, 0) is 9.84 Å². The molecule has 0 saturated carbocycles. The standard InChI is InChI=1S/C21H16O5S/c1-27(24,25)19-10-6-5-9-18(19)21(23)26-17-13-11-16(12-14-17)20(22)15-7-3-2-4-8-15/h2-14H,1H3. The molecule has 5 nitrogen and oxygen atoms in total. The first kappa shape index (κ1) is 18.5. The number of carbonyl (C=O) groups is 2. The van der Waals surface area contributed by atoms with Gasteiger partial charge in [-0.2, -0.15) is 0 Å². The number of hydrogen-bond donors (Lipinski definition) is 0. The summed E-state index contributed by atoms with van der Waals surface area (Å²) in [4.78, 5) is 24.7. The van der Waals surface area contributed by atoms with Crippen molar-refractivity contribution in [3.05, 3.63) is 95.6 Å². The molecule has 0 saturated heterocycles. The first-order valence-corrected chi connectivity index (χ1v) is 9.96. The Hall–Kier alpha value is -3.25. The maximum atomic E-state index is 12.4. The van der Waals surface area contributed by atoms with Crippen molar-refractivity contribution in [2.45, 2.75) is 4.90 Å². The fraction of sp³-hybridized carbons (Fsp3) is 0.0476. The summed E-state index contributed by atoms with van der Waals surface area (Å²) in [7, 11) is -3.56. The van der Waals surface area contributed by atoms with E-state index in [-0.39, 0.29) is 22.0 Å². The van der Waals surface area contributed by atoms with Gasteiger partial charge in [0.05, 0.1) is 10.5 Å². The molecule has 0 bridgehead atoms. The van der Waals surface area contributed by atoms with Crippen molar-refractivity contribution in [2.24, 2.45) is 0 Å². The van der Waals surface area contributed by atoms with Crippen molar-refractivity contribution in [3.63, 3.8) is 0 Å². The summed E-state index contributed by atoms with van der Waals surface area (Å²) in [6.07, 6.45) is 1.03. The third kappa shape index (κ3) is 4.30. The van der Waals surface area contributed by atoms with Crippen LogP contribution in [0.3, 0.4) is 0 Å². The van der Waals surface area contributed by atoms with Crippen molar-refractivity contribution in [1.29, 1.82) is 0 Å². The summed E-state index contributed by atoms with van der Waals surface area (Å²) in [5.74, 6) is -0.707. The largest absolute Gasteiger partial charge is 0.423 e. The molecule has 0 fully saturated rings. The molecule has 0 aliphatic carbocycles. The SMILES string of the molecule is CS(=O)(=O)c1ccccc1C(=O)Oc1ccc(C(=O)c2ccccc2)cc1. The van der Waals surface area contributed by atoms with Gasteiger partial charge in [-0.05, 0) is 36.4 Å². The van der Waals surface area contributed by atoms with E-state index in [2.05, 4.69) is 0 Å². The lowest BCUT2D eigenvalue weighted by atomic mass is 10.0. The van der Waals surface area contributed by atoms with Gasteiger partial charge in [-0.1, -0.05) is 42.5 Å². The van der Waals surface area contributed by atoms with E-state index in [0.717, 1.165) is 6.26 Å².